The monoisotopic (exact) mass is 317 g/mol. The highest BCUT2D eigenvalue weighted by molar-refractivity contribution is 5.94. The number of amides is 1. The number of ether oxygens (including phenoxy) is 1. The number of anilines is 2. The molecule has 1 atom stereocenters. The molecule has 1 N–H and O–H groups in total. The smallest absolute Gasteiger partial charge is 0.265 e. The number of aromatic nitrogens is 1. The Balaban J connectivity index is 2.04. The first-order chi connectivity index (χ1) is 11.0. The second-order valence-corrected chi connectivity index (χ2v) is 5.23. The third-order valence-corrected chi connectivity index (χ3v) is 3.24. The first-order valence-corrected chi connectivity index (χ1v) is 7.36. The summed E-state index contributed by atoms with van der Waals surface area (Å²) in [4.78, 5) is 18.4. The van der Waals surface area contributed by atoms with Crippen LogP contribution in [0.3, 0.4) is 0 Å². The summed E-state index contributed by atoms with van der Waals surface area (Å²) in [6.45, 7) is 1.80. The lowest BCUT2D eigenvalue weighted by atomic mass is 10.2. The molecule has 6 heteroatoms. The van der Waals surface area contributed by atoms with Crippen LogP contribution in [0.2, 0.25) is 0 Å². The lowest BCUT2D eigenvalue weighted by Crippen LogP contribution is -2.32. The number of benzene rings is 1. The Labute approximate surface area is 135 Å². The second-order valence-electron chi connectivity index (χ2n) is 5.23. The van der Waals surface area contributed by atoms with Crippen LogP contribution in [-0.2, 0) is 4.79 Å². The van der Waals surface area contributed by atoms with Gasteiger partial charge in [-0.05, 0) is 30.7 Å². The van der Waals surface area contributed by atoms with E-state index in [4.69, 9.17) is 4.74 Å². The number of nitrogens with zero attached hydrogens (tertiary/aromatic N) is 2. The predicted octanol–water partition coefficient (Wildman–Crippen LogP) is 3.08. The summed E-state index contributed by atoms with van der Waals surface area (Å²) < 4.78 is 19.1. The number of hydrogen-bond acceptors (Lipinski definition) is 4. The molecule has 23 heavy (non-hydrogen) atoms. The number of nitrogens with one attached hydrogen (secondary N) is 1. The number of carbonyl (C=O) groups is 1. The molecular formula is C17H20FN3O2. The Morgan fingerprint density at radius 3 is 2.61 bits per heavy atom. The van der Waals surface area contributed by atoms with Crippen LogP contribution >= 0.6 is 0 Å². The van der Waals surface area contributed by atoms with Crippen molar-refractivity contribution >= 4 is 17.4 Å². The SMILES string of the molecule is CC[C@H](Oc1ccccc1F)C(=O)Nc1ccc(N(C)C)nc1. The van der Waals surface area contributed by atoms with Crippen LogP contribution in [0.1, 0.15) is 13.3 Å². The van der Waals surface area contributed by atoms with Gasteiger partial charge < -0.3 is 15.0 Å². The van der Waals surface area contributed by atoms with Gasteiger partial charge >= 0.3 is 0 Å². The number of para-hydroxylation sites is 1. The Kier molecular flexibility index (Phi) is 5.51. The van der Waals surface area contributed by atoms with Gasteiger partial charge in [-0.2, -0.15) is 0 Å². The van der Waals surface area contributed by atoms with Crippen molar-refractivity contribution in [2.24, 2.45) is 0 Å². The van der Waals surface area contributed by atoms with E-state index in [1.54, 1.807) is 37.4 Å². The Morgan fingerprint density at radius 2 is 2.04 bits per heavy atom. The minimum atomic E-state index is -0.777. The Bertz CT molecular complexity index is 659. The zero-order valence-electron chi connectivity index (χ0n) is 13.4. The van der Waals surface area contributed by atoms with E-state index in [9.17, 15) is 9.18 Å². The van der Waals surface area contributed by atoms with Crippen LogP contribution in [0.15, 0.2) is 42.6 Å². The van der Waals surface area contributed by atoms with E-state index in [-0.39, 0.29) is 11.7 Å². The standard InChI is InChI=1S/C17H20FN3O2/c1-4-14(23-15-8-6-5-7-13(15)18)17(22)20-12-9-10-16(19-11-12)21(2)3/h5-11,14H,4H2,1-3H3,(H,20,22)/t14-/m0/s1. The van der Waals surface area contributed by atoms with E-state index in [2.05, 4.69) is 10.3 Å². The van der Waals surface area contributed by atoms with E-state index in [1.807, 2.05) is 19.0 Å². The maximum Gasteiger partial charge on any atom is 0.265 e. The highest BCUT2D eigenvalue weighted by Crippen LogP contribution is 2.19. The fraction of sp³-hybridized carbons (Fsp3) is 0.294. The largest absolute Gasteiger partial charge is 0.478 e. The van der Waals surface area contributed by atoms with Crippen molar-refractivity contribution in [3.8, 4) is 5.75 Å². The molecule has 0 saturated carbocycles. The third-order valence-electron chi connectivity index (χ3n) is 3.24. The number of halogens is 1. The lowest BCUT2D eigenvalue weighted by molar-refractivity contribution is -0.122. The maximum atomic E-state index is 13.6. The van der Waals surface area contributed by atoms with Gasteiger partial charge in [0.05, 0.1) is 11.9 Å². The summed E-state index contributed by atoms with van der Waals surface area (Å²) in [5, 5.41) is 2.73. The fourth-order valence-electron chi connectivity index (χ4n) is 1.96. The molecule has 0 saturated heterocycles. The second kappa shape index (κ2) is 7.58. The average Bonchev–Trinajstić information content (AvgIpc) is 2.54. The van der Waals surface area contributed by atoms with E-state index < -0.39 is 11.9 Å². The van der Waals surface area contributed by atoms with E-state index in [0.717, 1.165) is 5.82 Å². The minimum absolute atomic E-state index is 0.0654. The number of hydrogen-bond donors (Lipinski definition) is 1. The summed E-state index contributed by atoms with van der Waals surface area (Å²) in [7, 11) is 3.77. The molecule has 0 aliphatic carbocycles. The van der Waals surface area contributed by atoms with Gasteiger partial charge in [-0.1, -0.05) is 19.1 Å². The molecule has 1 amide bonds. The van der Waals surface area contributed by atoms with Crippen molar-refractivity contribution in [3.05, 3.63) is 48.4 Å². The van der Waals surface area contributed by atoms with Crippen molar-refractivity contribution in [1.29, 1.82) is 0 Å². The fourth-order valence-corrected chi connectivity index (χ4v) is 1.96. The van der Waals surface area contributed by atoms with Gasteiger partial charge in [0.15, 0.2) is 17.7 Å². The van der Waals surface area contributed by atoms with Crippen molar-refractivity contribution in [3.63, 3.8) is 0 Å². The summed E-state index contributed by atoms with van der Waals surface area (Å²) in [5.41, 5.74) is 0.566. The number of rotatable bonds is 6. The molecule has 1 heterocycles. The molecule has 0 spiro atoms. The summed E-state index contributed by atoms with van der Waals surface area (Å²) >= 11 is 0. The molecule has 5 nitrogen and oxygen atoms in total. The van der Waals surface area contributed by atoms with Gasteiger partial charge in [-0.15, -0.1) is 0 Å². The molecule has 0 aliphatic heterocycles. The highest BCUT2D eigenvalue weighted by atomic mass is 19.1. The van der Waals surface area contributed by atoms with E-state index in [0.29, 0.717) is 12.1 Å². The molecule has 0 fully saturated rings. The average molecular weight is 317 g/mol. The van der Waals surface area contributed by atoms with Gasteiger partial charge in [0, 0.05) is 14.1 Å². The van der Waals surface area contributed by atoms with Crippen molar-refractivity contribution in [2.75, 3.05) is 24.3 Å². The molecular weight excluding hydrogens is 297 g/mol. The van der Waals surface area contributed by atoms with Crippen LogP contribution in [0.25, 0.3) is 0 Å². The van der Waals surface area contributed by atoms with Gasteiger partial charge in [-0.25, -0.2) is 9.37 Å². The molecule has 2 aromatic rings. The predicted molar refractivity (Wildman–Crippen MR) is 88.3 cm³/mol. The van der Waals surface area contributed by atoms with Gasteiger partial charge in [0.1, 0.15) is 5.82 Å². The van der Waals surface area contributed by atoms with Crippen LogP contribution in [0.4, 0.5) is 15.9 Å². The molecule has 2 rings (SSSR count). The quantitative estimate of drug-likeness (QED) is 0.889. The van der Waals surface area contributed by atoms with Gasteiger partial charge in [-0.3, -0.25) is 4.79 Å². The first-order valence-electron chi connectivity index (χ1n) is 7.36. The Morgan fingerprint density at radius 1 is 1.30 bits per heavy atom. The zero-order valence-corrected chi connectivity index (χ0v) is 13.4. The van der Waals surface area contributed by atoms with Crippen molar-refractivity contribution < 1.29 is 13.9 Å². The van der Waals surface area contributed by atoms with E-state index in [1.165, 1.54) is 12.1 Å². The Hall–Kier alpha value is -2.63. The molecule has 0 aliphatic rings. The summed E-state index contributed by atoms with van der Waals surface area (Å²) in [6.07, 6.45) is 1.22. The molecule has 0 radical (unpaired) electrons. The number of carbonyl (C=O) groups excluding carboxylic acids is 1. The first kappa shape index (κ1) is 16.7. The van der Waals surface area contributed by atoms with E-state index >= 15 is 0 Å². The lowest BCUT2D eigenvalue weighted by Gasteiger charge is -2.18. The highest BCUT2D eigenvalue weighted by Gasteiger charge is 2.20. The van der Waals surface area contributed by atoms with Gasteiger partial charge in [0.2, 0.25) is 0 Å². The summed E-state index contributed by atoms with van der Waals surface area (Å²) in [5.74, 6) is 0.0270. The number of pyridine rings is 1. The normalized spacial score (nSPS) is 11.7. The maximum absolute atomic E-state index is 13.6. The topological polar surface area (TPSA) is 54.5 Å². The molecule has 0 unspecified atom stereocenters. The van der Waals surface area contributed by atoms with Crippen LogP contribution in [0.5, 0.6) is 5.75 Å². The molecule has 1 aromatic heterocycles. The third kappa shape index (κ3) is 4.42. The van der Waals surface area contributed by atoms with Gasteiger partial charge in [0.25, 0.3) is 5.91 Å². The minimum Gasteiger partial charge on any atom is -0.478 e. The molecule has 122 valence electrons. The van der Waals surface area contributed by atoms with Crippen molar-refractivity contribution in [1.82, 2.24) is 4.98 Å². The zero-order chi connectivity index (χ0) is 16.8. The molecule has 0 bridgehead atoms. The van der Waals surface area contributed by atoms with Crippen LogP contribution < -0.4 is 15.0 Å². The van der Waals surface area contributed by atoms with Crippen molar-refractivity contribution in [2.45, 2.75) is 19.4 Å². The molecule has 1 aromatic carbocycles. The van der Waals surface area contributed by atoms with Crippen LogP contribution in [0, 0.1) is 5.82 Å². The van der Waals surface area contributed by atoms with Crippen LogP contribution in [-0.4, -0.2) is 31.1 Å². The summed E-state index contributed by atoms with van der Waals surface area (Å²) in [6, 6.07) is 9.58.